The Balaban J connectivity index is 1.04. The molecule has 314 valence electrons. The largest absolute Gasteiger partial charge is 0.456 e. The maximum Gasteiger partial charge on any atom is 0.135 e. The van der Waals surface area contributed by atoms with Crippen LogP contribution in [-0.4, -0.2) is 0 Å². The van der Waals surface area contributed by atoms with Gasteiger partial charge in [-0.2, -0.15) is 0 Å². The third-order valence-electron chi connectivity index (χ3n) is 13.9. The van der Waals surface area contributed by atoms with Crippen LogP contribution in [0.5, 0.6) is 11.5 Å². The second kappa shape index (κ2) is 15.8. The molecule has 13 rings (SSSR count). The van der Waals surface area contributed by atoms with Crippen LogP contribution in [0.1, 0.15) is 22.3 Å². The van der Waals surface area contributed by atoms with Crippen molar-refractivity contribution in [3.63, 3.8) is 0 Å². The Morgan fingerprint density at radius 3 is 1.46 bits per heavy atom. The molecule has 0 fully saturated rings. The molecule has 1 heterocycles. The number of fused-ring (bicyclic) bond motifs is 9. The molecule has 0 saturated heterocycles. The minimum Gasteiger partial charge on any atom is -0.456 e. The molecule has 0 amide bonds. The Morgan fingerprint density at radius 1 is 0.269 bits per heavy atom. The van der Waals surface area contributed by atoms with Gasteiger partial charge in [-0.1, -0.05) is 200 Å². The number of nitrogens with zero attached hydrogens (tertiary/aromatic N) is 1. The Morgan fingerprint density at radius 2 is 0.761 bits per heavy atom. The monoisotopic (exact) mass is 853 g/mol. The van der Waals surface area contributed by atoms with E-state index in [0.29, 0.717) is 0 Å². The first-order valence-corrected chi connectivity index (χ1v) is 23.1. The van der Waals surface area contributed by atoms with Crippen LogP contribution >= 0.6 is 0 Å². The molecule has 2 aliphatic rings. The zero-order valence-electron chi connectivity index (χ0n) is 36.7. The van der Waals surface area contributed by atoms with Crippen molar-refractivity contribution in [1.82, 2.24) is 0 Å². The number of benzene rings is 11. The summed E-state index contributed by atoms with van der Waals surface area (Å²) in [5.74, 6) is 1.67. The fourth-order valence-corrected chi connectivity index (χ4v) is 10.9. The number of anilines is 3. The Labute approximate surface area is 391 Å². The maximum atomic E-state index is 7.05. The number of rotatable bonds is 7. The lowest BCUT2D eigenvalue weighted by atomic mass is 9.67. The molecular formula is C65H43NO. The predicted molar refractivity (Wildman–Crippen MR) is 278 cm³/mol. The molecule has 0 spiro atoms. The summed E-state index contributed by atoms with van der Waals surface area (Å²) in [6, 6.07) is 95.0. The van der Waals surface area contributed by atoms with Gasteiger partial charge < -0.3 is 9.64 Å². The molecule has 0 unspecified atom stereocenters. The van der Waals surface area contributed by atoms with Gasteiger partial charge in [0.1, 0.15) is 11.5 Å². The van der Waals surface area contributed by atoms with Crippen molar-refractivity contribution in [3.8, 4) is 67.1 Å². The van der Waals surface area contributed by atoms with E-state index in [4.69, 9.17) is 4.74 Å². The summed E-state index contributed by atoms with van der Waals surface area (Å²) >= 11 is 0. The summed E-state index contributed by atoms with van der Waals surface area (Å²) in [6.07, 6.45) is 0. The first-order chi connectivity index (χ1) is 33.2. The zero-order chi connectivity index (χ0) is 44.3. The summed E-state index contributed by atoms with van der Waals surface area (Å²) in [5.41, 5.74) is 19.2. The first kappa shape index (κ1) is 38.7. The summed E-state index contributed by atoms with van der Waals surface area (Å²) in [6.45, 7) is 0. The molecule has 0 saturated carbocycles. The van der Waals surface area contributed by atoms with Crippen LogP contribution in [0.2, 0.25) is 0 Å². The molecule has 67 heavy (non-hydrogen) atoms. The SMILES string of the molecule is c1ccc(-c2ccc(N(c3ccc4c(c3)-c3ccc(-c5ccccc5)cc3-c3cc5ccccc5cc3O4)c3ccc4c(c3)C(c3ccccc3)(c3ccccc3)c3ccccc3-4)cc2)cc1. The minimum absolute atomic E-state index is 0.542. The Hall–Kier alpha value is -8.72. The van der Waals surface area contributed by atoms with Crippen molar-refractivity contribution in [1.29, 1.82) is 0 Å². The standard InChI is InChI=1S/C65H43NO/c1-5-17-44(18-6-1)46-29-32-52(33-30-46)66(54-34-37-57-56-27-15-16-28-61(56)65(62(57)43-54,50-23-9-3-10-24-50)51-25-11-4-12-26-51)53-35-38-63-60(42-53)55-36-31-49(45-19-7-2-8-20-45)39-58(55)59-40-47-21-13-14-22-48(47)41-64(59)67-63/h1-43H. The zero-order valence-corrected chi connectivity index (χ0v) is 36.7. The van der Waals surface area contributed by atoms with E-state index in [1.165, 1.54) is 55.5 Å². The fourth-order valence-electron chi connectivity index (χ4n) is 10.9. The lowest BCUT2D eigenvalue weighted by Gasteiger charge is -2.35. The van der Waals surface area contributed by atoms with Crippen molar-refractivity contribution >= 4 is 27.8 Å². The molecule has 2 heteroatoms. The smallest absolute Gasteiger partial charge is 0.135 e. The highest BCUT2D eigenvalue weighted by molar-refractivity contribution is 5.99. The Kier molecular flexibility index (Phi) is 9.11. The van der Waals surface area contributed by atoms with Crippen molar-refractivity contribution in [2.24, 2.45) is 0 Å². The first-order valence-electron chi connectivity index (χ1n) is 23.1. The predicted octanol–water partition coefficient (Wildman–Crippen LogP) is 17.4. The molecule has 0 bridgehead atoms. The Bertz CT molecular complexity index is 3600. The van der Waals surface area contributed by atoms with Gasteiger partial charge in [0.25, 0.3) is 0 Å². The molecule has 1 aliphatic heterocycles. The van der Waals surface area contributed by atoms with Crippen molar-refractivity contribution in [2.75, 3.05) is 4.90 Å². The summed E-state index contributed by atoms with van der Waals surface area (Å²) in [4.78, 5) is 2.42. The van der Waals surface area contributed by atoms with Gasteiger partial charge in [-0.15, -0.1) is 0 Å². The van der Waals surface area contributed by atoms with Crippen molar-refractivity contribution < 1.29 is 4.74 Å². The second-order valence-electron chi connectivity index (χ2n) is 17.6. The summed E-state index contributed by atoms with van der Waals surface area (Å²) in [7, 11) is 0. The molecule has 1 aliphatic carbocycles. The third kappa shape index (κ3) is 6.33. The van der Waals surface area contributed by atoms with E-state index in [2.05, 4.69) is 266 Å². The molecule has 0 radical (unpaired) electrons. The minimum atomic E-state index is -0.542. The highest BCUT2D eigenvalue weighted by atomic mass is 16.5. The maximum absolute atomic E-state index is 7.05. The lowest BCUT2D eigenvalue weighted by Crippen LogP contribution is -2.28. The van der Waals surface area contributed by atoms with E-state index in [0.717, 1.165) is 61.8 Å². The van der Waals surface area contributed by atoms with Gasteiger partial charge in [0.05, 0.1) is 5.41 Å². The van der Waals surface area contributed by atoms with Gasteiger partial charge in [-0.05, 0) is 138 Å². The van der Waals surface area contributed by atoms with Crippen LogP contribution in [-0.2, 0) is 5.41 Å². The molecule has 0 N–H and O–H groups in total. The van der Waals surface area contributed by atoms with Gasteiger partial charge in [0.2, 0.25) is 0 Å². The van der Waals surface area contributed by atoms with E-state index in [-0.39, 0.29) is 0 Å². The van der Waals surface area contributed by atoms with Crippen LogP contribution in [0.25, 0.3) is 66.4 Å². The van der Waals surface area contributed by atoms with Crippen LogP contribution in [0.3, 0.4) is 0 Å². The fraction of sp³-hybridized carbons (Fsp3) is 0.0154. The topological polar surface area (TPSA) is 12.5 Å². The van der Waals surface area contributed by atoms with Crippen LogP contribution in [0.4, 0.5) is 17.1 Å². The summed E-state index contributed by atoms with van der Waals surface area (Å²) in [5, 5.41) is 2.33. The van der Waals surface area contributed by atoms with Crippen LogP contribution in [0.15, 0.2) is 261 Å². The second-order valence-corrected chi connectivity index (χ2v) is 17.6. The average Bonchev–Trinajstić information content (AvgIpc) is 3.63. The van der Waals surface area contributed by atoms with E-state index >= 15 is 0 Å². The van der Waals surface area contributed by atoms with Crippen LogP contribution < -0.4 is 9.64 Å². The van der Waals surface area contributed by atoms with Gasteiger partial charge >= 0.3 is 0 Å². The molecule has 2 nitrogen and oxygen atoms in total. The highest BCUT2D eigenvalue weighted by Crippen LogP contribution is 2.58. The summed E-state index contributed by atoms with van der Waals surface area (Å²) < 4.78 is 7.05. The van der Waals surface area contributed by atoms with E-state index in [1.54, 1.807) is 0 Å². The van der Waals surface area contributed by atoms with Gasteiger partial charge in [-0.3, -0.25) is 0 Å². The van der Waals surface area contributed by atoms with Gasteiger partial charge in [-0.25, -0.2) is 0 Å². The van der Waals surface area contributed by atoms with E-state index in [9.17, 15) is 0 Å². The molecular weight excluding hydrogens is 811 g/mol. The highest BCUT2D eigenvalue weighted by Gasteiger charge is 2.46. The number of ether oxygens (including phenoxy) is 1. The number of hydrogen-bond acceptors (Lipinski definition) is 2. The van der Waals surface area contributed by atoms with Crippen molar-refractivity contribution in [3.05, 3.63) is 283 Å². The lowest BCUT2D eigenvalue weighted by molar-refractivity contribution is 0.488. The van der Waals surface area contributed by atoms with Crippen LogP contribution in [0, 0.1) is 0 Å². The van der Waals surface area contributed by atoms with Gasteiger partial charge in [0.15, 0.2) is 0 Å². The van der Waals surface area contributed by atoms with Crippen molar-refractivity contribution in [2.45, 2.75) is 5.41 Å². The number of hydrogen-bond donors (Lipinski definition) is 0. The quantitative estimate of drug-likeness (QED) is 0.158. The molecule has 11 aromatic rings. The average molecular weight is 854 g/mol. The third-order valence-corrected chi connectivity index (χ3v) is 13.9. The van der Waals surface area contributed by atoms with E-state index < -0.39 is 5.41 Å². The van der Waals surface area contributed by atoms with E-state index in [1.807, 2.05) is 0 Å². The molecule has 11 aromatic carbocycles. The van der Waals surface area contributed by atoms with Gasteiger partial charge in [0, 0.05) is 28.2 Å². The normalized spacial score (nSPS) is 12.7. The molecule has 0 atom stereocenters. The molecule has 0 aromatic heterocycles.